The summed E-state index contributed by atoms with van der Waals surface area (Å²) in [4.78, 5) is 10.7. The van der Waals surface area contributed by atoms with Gasteiger partial charge in [0, 0.05) is 13.1 Å². The Morgan fingerprint density at radius 3 is 2.53 bits per heavy atom. The average Bonchev–Trinajstić information content (AvgIpc) is 2.46. The van der Waals surface area contributed by atoms with Crippen molar-refractivity contribution in [2.45, 2.75) is 38.6 Å². The van der Waals surface area contributed by atoms with Crippen LogP contribution in [-0.4, -0.2) is 34.1 Å². The quantitative estimate of drug-likeness (QED) is 0.374. The summed E-state index contributed by atoms with van der Waals surface area (Å²) in [5.41, 5.74) is 5.85. The van der Waals surface area contributed by atoms with Gasteiger partial charge in [0.15, 0.2) is 5.84 Å². The van der Waals surface area contributed by atoms with Crippen LogP contribution in [0.4, 0.5) is 5.82 Å². The number of anilines is 1. The molecule has 0 amide bonds. The van der Waals surface area contributed by atoms with Gasteiger partial charge >= 0.3 is 0 Å². The highest BCUT2D eigenvalue weighted by atomic mass is 16.4. The Labute approximate surface area is 113 Å². The van der Waals surface area contributed by atoms with Gasteiger partial charge in [-0.15, -0.1) is 0 Å². The second-order valence-electron chi connectivity index (χ2n) is 5.27. The molecule has 0 saturated heterocycles. The van der Waals surface area contributed by atoms with E-state index >= 15 is 0 Å². The number of rotatable bonds is 3. The van der Waals surface area contributed by atoms with Gasteiger partial charge in [-0.25, -0.2) is 9.97 Å². The van der Waals surface area contributed by atoms with Gasteiger partial charge < -0.3 is 15.8 Å². The number of oxime groups is 1. The van der Waals surface area contributed by atoms with Crippen LogP contribution in [0.1, 0.15) is 38.3 Å². The van der Waals surface area contributed by atoms with E-state index in [1.807, 2.05) is 7.05 Å². The molecule has 6 heteroatoms. The van der Waals surface area contributed by atoms with Gasteiger partial charge in [-0.05, 0) is 31.6 Å². The van der Waals surface area contributed by atoms with Crippen LogP contribution in [-0.2, 0) is 0 Å². The van der Waals surface area contributed by atoms with Crippen LogP contribution in [0.3, 0.4) is 0 Å². The van der Waals surface area contributed by atoms with Gasteiger partial charge in [-0.2, -0.15) is 0 Å². The number of nitrogens with zero attached hydrogens (tertiary/aromatic N) is 4. The smallest absolute Gasteiger partial charge is 0.190 e. The summed E-state index contributed by atoms with van der Waals surface area (Å²) in [5, 5.41) is 11.5. The van der Waals surface area contributed by atoms with Gasteiger partial charge in [0.25, 0.3) is 0 Å². The minimum atomic E-state index is -0.0202. The summed E-state index contributed by atoms with van der Waals surface area (Å²) in [6, 6.07) is 0.528. The third-order valence-electron chi connectivity index (χ3n) is 3.90. The van der Waals surface area contributed by atoms with Gasteiger partial charge in [-0.3, -0.25) is 0 Å². The zero-order chi connectivity index (χ0) is 13.8. The number of hydrogen-bond acceptors (Lipinski definition) is 5. The summed E-state index contributed by atoms with van der Waals surface area (Å²) >= 11 is 0. The fourth-order valence-corrected chi connectivity index (χ4v) is 2.50. The second-order valence-corrected chi connectivity index (χ2v) is 5.27. The maximum absolute atomic E-state index is 8.58. The minimum Gasteiger partial charge on any atom is -0.409 e. The highest BCUT2D eigenvalue weighted by molar-refractivity contribution is 5.94. The molecule has 0 aliphatic heterocycles. The summed E-state index contributed by atoms with van der Waals surface area (Å²) in [7, 11) is 2.05. The minimum absolute atomic E-state index is 0.0202. The third kappa shape index (κ3) is 3.13. The molecule has 19 heavy (non-hydrogen) atoms. The Morgan fingerprint density at radius 2 is 2.00 bits per heavy atom. The molecule has 0 bridgehead atoms. The number of aromatic nitrogens is 2. The summed E-state index contributed by atoms with van der Waals surface area (Å²) in [5.74, 6) is 1.64. The van der Waals surface area contributed by atoms with Crippen LogP contribution >= 0.6 is 0 Å². The molecule has 1 aliphatic rings. The molecule has 0 aromatic carbocycles. The Bertz CT molecular complexity index is 437. The van der Waals surface area contributed by atoms with E-state index in [4.69, 9.17) is 10.9 Å². The van der Waals surface area contributed by atoms with E-state index in [1.165, 1.54) is 31.9 Å². The zero-order valence-electron chi connectivity index (χ0n) is 11.5. The van der Waals surface area contributed by atoms with Gasteiger partial charge in [0.05, 0.1) is 12.4 Å². The first-order chi connectivity index (χ1) is 9.11. The molecule has 1 fully saturated rings. The topological polar surface area (TPSA) is 87.6 Å². The Morgan fingerprint density at radius 1 is 1.32 bits per heavy atom. The number of amidine groups is 1. The van der Waals surface area contributed by atoms with Gasteiger partial charge in [-0.1, -0.05) is 12.1 Å². The molecule has 0 radical (unpaired) electrons. The molecule has 1 aliphatic carbocycles. The van der Waals surface area contributed by atoms with Crippen LogP contribution in [0, 0.1) is 5.92 Å². The van der Waals surface area contributed by atoms with Crippen molar-refractivity contribution >= 4 is 11.7 Å². The fraction of sp³-hybridized carbons (Fsp3) is 0.615. The standard InChI is InChI=1S/C13H21N5O/c1-9-3-5-10(6-4-9)18(2)12-8-15-11(7-16-12)13(14)17-19/h7-10,19H,3-6H2,1-2H3,(H2,14,17). The molecular formula is C13H21N5O. The zero-order valence-corrected chi connectivity index (χ0v) is 11.5. The molecule has 6 nitrogen and oxygen atoms in total. The lowest BCUT2D eigenvalue weighted by Crippen LogP contribution is -2.35. The fourth-order valence-electron chi connectivity index (χ4n) is 2.50. The molecule has 0 atom stereocenters. The summed E-state index contributed by atoms with van der Waals surface area (Å²) < 4.78 is 0. The molecule has 0 spiro atoms. The SMILES string of the molecule is CC1CCC(N(C)c2cnc(C(N)=NO)cn2)CC1. The Kier molecular flexibility index (Phi) is 4.19. The van der Waals surface area contributed by atoms with Gasteiger partial charge in [0.2, 0.25) is 0 Å². The van der Waals surface area contributed by atoms with Crippen molar-refractivity contribution in [3.63, 3.8) is 0 Å². The van der Waals surface area contributed by atoms with Crippen LogP contribution in [0.2, 0.25) is 0 Å². The normalized spacial score (nSPS) is 24.2. The lowest BCUT2D eigenvalue weighted by atomic mass is 9.87. The molecule has 1 aromatic rings. The molecule has 1 saturated carbocycles. The Balaban J connectivity index is 2.05. The molecule has 3 N–H and O–H groups in total. The number of hydrogen-bond donors (Lipinski definition) is 2. The van der Waals surface area contributed by atoms with Crippen molar-refractivity contribution in [2.75, 3.05) is 11.9 Å². The molecule has 1 heterocycles. The van der Waals surface area contributed by atoms with E-state index in [9.17, 15) is 0 Å². The van der Waals surface area contributed by atoms with E-state index in [-0.39, 0.29) is 5.84 Å². The molecule has 2 rings (SSSR count). The predicted molar refractivity (Wildman–Crippen MR) is 74.4 cm³/mol. The monoisotopic (exact) mass is 263 g/mol. The van der Waals surface area contributed by atoms with Crippen LogP contribution in [0.5, 0.6) is 0 Å². The van der Waals surface area contributed by atoms with Crippen molar-refractivity contribution in [1.82, 2.24) is 9.97 Å². The first-order valence-corrected chi connectivity index (χ1v) is 6.64. The van der Waals surface area contributed by atoms with E-state index in [1.54, 1.807) is 6.20 Å². The van der Waals surface area contributed by atoms with Crippen molar-refractivity contribution < 1.29 is 5.21 Å². The van der Waals surface area contributed by atoms with Crippen LogP contribution in [0.15, 0.2) is 17.5 Å². The van der Waals surface area contributed by atoms with Crippen LogP contribution in [0.25, 0.3) is 0 Å². The van der Waals surface area contributed by atoms with Gasteiger partial charge in [0.1, 0.15) is 11.5 Å². The molecular weight excluding hydrogens is 242 g/mol. The Hall–Kier alpha value is -1.85. The lowest BCUT2D eigenvalue weighted by molar-refractivity contribution is 0.318. The highest BCUT2D eigenvalue weighted by Gasteiger charge is 2.22. The lowest BCUT2D eigenvalue weighted by Gasteiger charge is -2.34. The van der Waals surface area contributed by atoms with E-state index in [0.29, 0.717) is 11.7 Å². The van der Waals surface area contributed by atoms with Crippen molar-refractivity contribution in [1.29, 1.82) is 0 Å². The molecule has 104 valence electrons. The maximum Gasteiger partial charge on any atom is 0.190 e. The van der Waals surface area contributed by atoms with E-state index in [0.717, 1.165) is 11.7 Å². The van der Waals surface area contributed by atoms with E-state index in [2.05, 4.69) is 26.9 Å². The van der Waals surface area contributed by atoms with Crippen molar-refractivity contribution in [3.05, 3.63) is 18.1 Å². The predicted octanol–water partition coefficient (Wildman–Crippen LogP) is 1.59. The first kappa shape index (κ1) is 13.6. The van der Waals surface area contributed by atoms with E-state index < -0.39 is 0 Å². The second kappa shape index (κ2) is 5.86. The first-order valence-electron chi connectivity index (χ1n) is 6.64. The van der Waals surface area contributed by atoms with Crippen LogP contribution < -0.4 is 10.6 Å². The third-order valence-corrected chi connectivity index (χ3v) is 3.90. The van der Waals surface area contributed by atoms with Crippen molar-refractivity contribution in [3.8, 4) is 0 Å². The highest BCUT2D eigenvalue weighted by Crippen LogP contribution is 2.28. The molecule has 0 unspecified atom stereocenters. The number of nitrogens with two attached hydrogens (primary N) is 1. The van der Waals surface area contributed by atoms with Crippen molar-refractivity contribution in [2.24, 2.45) is 16.8 Å². The largest absolute Gasteiger partial charge is 0.409 e. The molecule has 1 aromatic heterocycles. The average molecular weight is 263 g/mol. The maximum atomic E-state index is 8.58. The summed E-state index contributed by atoms with van der Waals surface area (Å²) in [6.45, 7) is 2.31. The summed E-state index contributed by atoms with van der Waals surface area (Å²) in [6.07, 6.45) is 8.13.